The van der Waals surface area contributed by atoms with Crippen LogP contribution in [0, 0.1) is 0 Å². The first-order valence-corrected chi connectivity index (χ1v) is 7.88. The first kappa shape index (κ1) is 15.0. The van der Waals surface area contributed by atoms with Crippen molar-refractivity contribution < 1.29 is 18.1 Å². The highest BCUT2D eigenvalue weighted by Crippen LogP contribution is 2.39. The number of aliphatic hydroxyl groups is 1. The highest BCUT2D eigenvalue weighted by molar-refractivity contribution is 7.86. The zero-order valence-electron chi connectivity index (χ0n) is 11.7. The summed E-state index contributed by atoms with van der Waals surface area (Å²) in [5.41, 5.74) is 2.54. The topological polar surface area (TPSA) is 74.6 Å². The van der Waals surface area contributed by atoms with E-state index in [-0.39, 0.29) is 10.8 Å². The highest BCUT2D eigenvalue weighted by atomic mass is 32.2. The molecule has 0 saturated carbocycles. The Morgan fingerprint density at radius 1 is 1.05 bits per heavy atom. The standard InChI is InChI=1S/C15H18O4S/c1-9(2)11-5-4-6-12-13(10(3)16)8-15(14(12)7-11)20(17,18)19/h4-10,16H,1-3H3,(H,17,18,19). The molecule has 108 valence electrons. The van der Waals surface area contributed by atoms with Crippen LogP contribution in [0.15, 0.2) is 35.2 Å². The highest BCUT2D eigenvalue weighted by Gasteiger charge is 2.25. The van der Waals surface area contributed by atoms with Crippen LogP contribution in [0.3, 0.4) is 0 Å². The summed E-state index contributed by atoms with van der Waals surface area (Å²) in [6, 6.07) is 8.60. The lowest BCUT2D eigenvalue weighted by atomic mass is 10.0. The Balaban J connectivity index is 2.83. The number of hydrogen-bond donors (Lipinski definition) is 2. The molecule has 0 spiro atoms. The Morgan fingerprint density at radius 3 is 2.20 bits per heavy atom. The Morgan fingerprint density at radius 2 is 1.70 bits per heavy atom. The van der Waals surface area contributed by atoms with Crippen molar-refractivity contribution >= 4 is 10.1 Å². The number of hydrogen-bond acceptors (Lipinski definition) is 3. The molecule has 0 radical (unpaired) electrons. The van der Waals surface area contributed by atoms with E-state index in [1.807, 2.05) is 26.0 Å². The largest absolute Gasteiger partial charge is 0.389 e. The maximum atomic E-state index is 11.5. The average Bonchev–Trinajstić information content (AvgIpc) is 2.53. The second kappa shape index (κ2) is 5.16. The summed E-state index contributed by atoms with van der Waals surface area (Å²) >= 11 is 0. The third-order valence-corrected chi connectivity index (χ3v) is 4.30. The minimum Gasteiger partial charge on any atom is -0.389 e. The minimum atomic E-state index is -4.33. The molecule has 0 saturated heterocycles. The molecule has 0 aromatic heterocycles. The molecule has 0 bridgehead atoms. The van der Waals surface area contributed by atoms with Crippen molar-refractivity contribution in [1.29, 1.82) is 0 Å². The van der Waals surface area contributed by atoms with Gasteiger partial charge < -0.3 is 5.11 Å². The maximum absolute atomic E-state index is 11.5. The summed E-state index contributed by atoms with van der Waals surface area (Å²) in [5.74, 6) is 0.227. The molecule has 1 atom stereocenters. The monoisotopic (exact) mass is 294 g/mol. The van der Waals surface area contributed by atoms with Gasteiger partial charge in [-0.2, -0.15) is 8.42 Å². The summed E-state index contributed by atoms with van der Waals surface area (Å²) in [6.07, 6.45) is -0.808. The molecule has 0 aromatic rings. The van der Waals surface area contributed by atoms with Crippen molar-refractivity contribution in [3.63, 3.8) is 0 Å². The third kappa shape index (κ3) is 2.70. The van der Waals surface area contributed by atoms with Crippen LogP contribution >= 0.6 is 0 Å². The second-order valence-electron chi connectivity index (χ2n) is 5.27. The van der Waals surface area contributed by atoms with Crippen molar-refractivity contribution in [2.75, 3.05) is 0 Å². The molecule has 0 aliphatic heterocycles. The van der Waals surface area contributed by atoms with E-state index in [4.69, 9.17) is 0 Å². The van der Waals surface area contributed by atoms with Crippen molar-refractivity contribution in [3.05, 3.63) is 41.5 Å². The van der Waals surface area contributed by atoms with Gasteiger partial charge in [0.05, 0.1) is 6.10 Å². The van der Waals surface area contributed by atoms with Crippen LogP contribution in [0.2, 0.25) is 0 Å². The van der Waals surface area contributed by atoms with E-state index < -0.39 is 16.2 Å². The SMILES string of the molecule is CC(C)c1cccc2c(C(C)O)cc(S(=O)(=O)O)c-2c1. The molecule has 2 aliphatic rings. The predicted molar refractivity (Wildman–Crippen MR) is 77.6 cm³/mol. The number of aliphatic hydroxyl groups excluding tert-OH is 1. The Labute approximate surface area is 119 Å². The summed E-state index contributed by atoms with van der Waals surface area (Å²) < 4.78 is 32.5. The van der Waals surface area contributed by atoms with Gasteiger partial charge in [-0.15, -0.1) is 0 Å². The Bertz CT molecular complexity index is 702. The fraction of sp³-hybridized carbons (Fsp3) is 0.333. The summed E-state index contributed by atoms with van der Waals surface area (Å²) in [5, 5.41) is 9.78. The first-order valence-electron chi connectivity index (χ1n) is 6.44. The van der Waals surface area contributed by atoms with E-state index in [0.717, 1.165) is 5.56 Å². The third-order valence-electron chi connectivity index (χ3n) is 3.41. The van der Waals surface area contributed by atoms with Gasteiger partial charge in [-0.25, -0.2) is 0 Å². The van der Waals surface area contributed by atoms with Gasteiger partial charge in [0, 0.05) is 5.56 Å². The van der Waals surface area contributed by atoms with E-state index in [1.165, 1.54) is 6.07 Å². The van der Waals surface area contributed by atoms with Crippen molar-refractivity contribution in [1.82, 2.24) is 0 Å². The molecule has 5 heteroatoms. The van der Waals surface area contributed by atoms with Crippen LogP contribution in [0.25, 0.3) is 11.1 Å². The molecule has 20 heavy (non-hydrogen) atoms. The molecular formula is C15H18O4S. The van der Waals surface area contributed by atoms with E-state index >= 15 is 0 Å². The molecular weight excluding hydrogens is 276 g/mol. The lowest BCUT2D eigenvalue weighted by Gasteiger charge is -2.05. The van der Waals surface area contributed by atoms with Crippen LogP contribution in [-0.4, -0.2) is 18.1 Å². The first-order chi connectivity index (χ1) is 9.21. The van der Waals surface area contributed by atoms with E-state index in [2.05, 4.69) is 0 Å². The van der Waals surface area contributed by atoms with Gasteiger partial charge in [-0.1, -0.05) is 32.0 Å². The molecule has 1 unspecified atom stereocenters. The Kier molecular flexibility index (Phi) is 3.86. The van der Waals surface area contributed by atoms with E-state index in [1.54, 1.807) is 19.1 Å². The van der Waals surface area contributed by atoms with Crippen LogP contribution in [-0.2, 0) is 10.1 Å². The smallest absolute Gasteiger partial charge is 0.295 e. The van der Waals surface area contributed by atoms with Crippen LogP contribution in [0.1, 0.15) is 43.9 Å². The van der Waals surface area contributed by atoms with Crippen LogP contribution < -0.4 is 0 Å². The summed E-state index contributed by atoms with van der Waals surface area (Å²) in [4.78, 5) is -0.151. The zero-order valence-corrected chi connectivity index (χ0v) is 12.5. The summed E-state index contributed by atoms with van der Waals surface area (Å²) in [6.45, 7) is 5.58. The quantitative estimate of drug-likeness (QED) is 0.852. The summed E-state index contributed by atoms with van der Waals surface area (Å²) in [7, 11) is -4.33. The second-order valence-corrected chi connectivity index (χ2v) is 6.66. The zero-order chi connectivity index (χ0) is 15.1. The molecule has 2 N–H and O–H groups in total. The fourth-order valence-electron chi connectivity index (χ4n) is 2.31. The van der Waals surface area contributed by atoms with Gasteiger partial charge >= 0.3 is 0 Å². The Hall–Kier alpha value is -1.43. The number of rotatable bonds is 3. The lowest BCUT2D eigenvalue weighted by molar-refractivity contribution is 0.200. The minimum absolute atomic E-state index is 0.151. The van der Waals surface area contributed by atoms with Gasteiger partial charge in [0.25, 0.3) is 10.1 Å². The molecule has 0 amide bonds. The number of fused-ring (bicyclic) bond motifs is 1. The molecule has 0 fully saturated rings. The lowest BCUT2D eigenvalue weighted by Crippen LogP contribution is -1.97. The van der Waals surface area contributed by atoms with Crippen LogP contribution in [0.5, 0.6) is 0 Å². The van der Waals surface area contributed by atoms with E-state index in [9.17, 15) is 18.1 Å². The fourth-order valence-corrected chi connectivity index (χ4v) is 3.03. The molecule has 0 aromatic carbocycles. The predicted octanol–water partition coefficient (Wildman–Crippen LogP) is 3.21. The van der Waals surface area contributed by atoms with E-state index in [0.29, 0.717) is 16.7 Å². The van der Waals surface area contributed by atoms with Crippen molar-refractivity contribution in [2.24, 2.45) is 0 Å². The van der Waals surface area contributed by atoms with Gasteiger partial charge in [-0.05, 0) is 41.7 Å². The van der Waals surface area contributed by atoms with Gasteiger partial charge in [0.2, 0.25) is 0 Å². The van der Waals surface area contributed by atoms with Gasteiger partial charge in [-0.3, -0.25) is 4.55 Å². The van der Waals surface area contributed by atoms with Gasteiger partial charge in [0.15, 0.2) is 0 Å². The molecule has 4 nitrogen and oxygen atoms in total. The average molecular weight is 294 g/mol. The normalized spacial score (nSPS) is 13.9. The van der Waals surface area contributed by atoms with Crippen molar-refractivity contribution in [2.45, 2.75) is 37.7 Å². The van der Waals surface area contributed by atoms with Crippen LogP contribution in [0.4, 0.5) is 0 Å². The van der Waals surface area contributed by atoms with Gasteiger partial charge in [0.1, 0.15) is 4.90 Å². The molecule has 0 heterocycles. The van der Waals surface area contributed by atoms with Crippen molar-refractivity contribution in [3.8, 4) is 11.1 Å². The molecule has 2 rings (SSSR count). The molecule has 2 aliphatic carbocycles. The maximum Gasteiger partial charge on any atom is 0.295 e.